The third kappa shape index (κ3) is 4.74. The number of carbonyl (C=O) groups excluding carboxylic acids is 1. The lowest BCUT2D eigenvalue weighted by molar-refractivity contribution is -0.118. The maximum absolute atomic E-state index is 12.2. The summed E-state index contributed by atoms with van der Waals surface area (Å²) in [4.78, 5) is 27.7. The van der Waals surface area contributed by atoms with Crippen LogP contribution in [0.1, 0.15) is 27.3 Å². The molecule has 2 aromatic heterocycles. The van der Waals surface area contributed by atoms with E-state index in [-0.39, 0.29) is 17.2 Å². The van der Waals surface area contributed by atoms with Crippen LogP contribution in [0.4, 0.5) is 0 Å². The van der Waals surface area contributed by atoms with E-state index in [1.807, 2.05) is 48.7 Å². The monoisotopic (exact) mass is 464 g/mol. The Hall–Kier alpha value is -3.43. The molecule has 0 radical (unpaired) electrons. The first-order valence-electron chi connectivity index (χ1n) is 9.75. The number of carboxylic acid groups (broad SMARTS) is 1. The lowest BCUT2D eigenvalue weighted by Gasteiger charge is -2.09. The number of nitrogens with zero attached hydrogens (tertiary/aromatic N) is 3. The van der Waals surface area contributed by atoms with Gasteiger partial charge >= 0.3 is 5.97 Å². The number of benzene rings is 2. The van der Waals surface area contributed by atoms with Gasteiger partial charge in [-0.2, -0.15) is 5.10 Å². The van der Waals surface area contributed by atoms with Gasteiger partial charge in [0.05, 0.1) is 27.7 Å². The molecule has 0 aliphatic rings. The standard InChI is InChI=1S/C23H20N4O3S2/c1-14-11-17(15(2)27(14)18-9-7-16(8-10-18)22(29)30)12-24-26-21(28)13-31-23-25-19-5-3-4-6-20(19)32-23/h3-12H,13H2,1-2H3,(H,26,28)(H,29,30). The fourth-order valence-corrected chi connectivity index (χ4v) is 5.18. The molecule has 1 amide bonds. The van der Waals surface area contributed by atoms with Crippen molar-refractivity contribution < 1.29 is 14.7 Å². The minimum atomic E-state index is -0.956. The number of hydrogen-bond donors (Lipinski definition) is 2. The third-order valence-electron chi connectivity index (χ3n) is 4.84. The van der Waals surface area contributed by atoms with Crippen molar-refractivity contribution in [2.24, 2.45) is 5.10 Å². The first-order chi connectivity index (χ1) is 15.4. The van der Waals surface area contributed by atoms with Crippen molar-refractivity contribution in [3.8, 4) is 5.69 Å². The molecule has 0 atom stereocenters. The Kier molecular flexibility index (Phi) is 6.38. The minimum absolute atomic E-state index is 0.205. The maximum Gasteiger partial charge on any atom is 0.335 e. The van der Waals surface area contributed by atoms with E-state index >= 15 is 0 Å². The van der Waals surface area contributed by atoms with Gasteiger partial charge in [0.25, 0.3) is 5.91 Å². The van der Waals surface area contributed by atoms with Gasteiger partial charge in [0.1, 0.15) is 0 Å². The number of carbonyl (C=O) groups is 2. The maximum atomic E-state index is 12.2. The average molecular weight is 465 g/mol. The van der Waals surface area contributed by atoms with E-state index in [0.717, 1.165) is 37.2 Å². The van der Waals surface area contributed by atoms with E-state index in [2.05, 4.69) is 15.5 Å². The summed E-state index contributed by atoms with van der Waals surface area (Å²) in [5, 5.41) is 13.2. The van der Waals surface area contributed by atoms with Gasteiger partial charge in [-0.3, -0.25) is 4.79 Å². The highest BCUT2D eigenvalue weighted by atomic mass is 32.2. The normalized spacial score (nSPS) is 11.3. The van der Waals surface area contributed by atoms with Crippen LogP contribution >= 0.6 is 23.1 Å². The quantitative estimate of drug-likeness (QED) is 0.236. The molecule has 2 N–H and O–H groups in total. The van der Waals surface area contributed by atoms with Crippen molar-refractivity contribution in [2.75, 3.05) is 5.75 Å². The Morgan fingerprint density at radius 2 is 1.94 bits per heavy atom. The molecule has 0 saturated carbocycles. The van der Waals surface area contributed by atoms with Gasteiger partial charge < -0.3 is 9.67 Å². The molecule has 0 aliphatic carbocycles. The molecule has 0 fully saturated rings. The molecule has 4 rings (SSSR count). The zero-order valence-corrected chi connectivity index (χ0v) is 19.0. The topological polar surface area (TPSA) is 96.6 Å². The average Bonchev–Trinajstić information content (AvgIpc) is 3.32. The summed E-state index contributed by atoms with van der Waals surface area (Å²) in [6, 6.07) is 16.5. The van der Waals surface area contributed by atoms with E-state index in [0.29, 0.717) is 0 Å². The highest BCUT2D eigenvalue weighted by Crippen LogP contribution is 2.29. The predicted molar refractivity (Wildman–Crippen MR) is 128 cm³/mol. The Labute approximate surface area is 192 Å². The third-order valence-corrected chi connectivity index (χ3v) is 7.02. The van der Waals surface area contributed by atoms with E-state index in [1.54, 1.807) is 41.8 Å². The molecule has 2 heterocycles. The van der Waals surface area contributed by atoms with Crippen LogP contribution in [0, 0.1) is 13.8 Å². The number of para-hydroxylation sites is 1. The predicted octanol–water partition coefficient (Wildman–Crippen LogP) is 4.64. The van der Waals surface area contributed by atoms with Crippen molar-refractivity contribution in [1.82, 2.24) is 15.0 Å². The molecule has 0 saturated heterocycles. The molecule has 0 bridgehead atoms. The summed E-state index contributed by atoms with van der Waals surface area (Å²) in [5.74, 6) is -0.933. The molecular weight excluding hydrogens is 444 g/mol. The lowest BCUT2D eigenvalue weighted by atomic mass is 10.2. The number of thiazole rings is 1. The number of nitrogens with one attached hydrogen (secondary N) is 1. The summed E-state index contributed by atoms with van der Waals surface area (Å²) in [6.07, 6.45) is 1.62. The fourth-order valence-electron chi connectivity index (χ4n) is 3.31. The van der Waals surface area contributed by atoms with Gasteiger partial charge in [-0.05, 0) is 56.3 Å². The molecule has 7 nitrogen and oxygen atoms in total. The second-order valence-corrected chi connectivity index (χ2v) is 9.30. The number of amides is 1. The second kappa shape index (κ2) is 9.37. The Balaban J connectivity index is 1.38. The largest absolute Gasteiger partial charge is 0.478 e. The van der Waals surface area contributed by atoms with E-state index in [4.69, 9.17) is 5.11 Å². The molecule has 0 spiro atoms. The minimum Gasteiger partial charge on any atom is -0.478 e. The van der Waals surface area contributed by atoms with Crippen molar-refractivity contribution in [1.29, 1.82) is 0 Å². The number of fused-ring (bicyclic) bond motifs is 1. The molecule has 0 unspecified atom stereocenters. The molecule has 32 heavy (non-hydrogen) atoms. The Morgan fingerprint density at radius 1 is 1.19 bits per heavy atom. The van der Waals surface area contributed by atoms with Gasteiger partial charge in [-0.25, -0.2) is 15.2 Å². The second-order valence-electron chi connectivity index (χ2n) is 7.04. The van der Waals surface area contributed by atoms with Crippen molar-refractivity contribution >= 4 is 51.4 Å². The summed E-state index contributed by atoms with van der Waals surface area (Å²) < 4.78 is 3.96. The van der Waals surface area contributed by atoms with Gasteiger partial charge in [0.2, 0.25) is 0 Å². The van der Waals surface area contributed by atoms with Crippen molar-refractivity contribution in [2.45, 2.75) is 18.2 Å². The fraction of sp³-hybridized carbons (Fsp3) is 0.130. The zero-order valence-electron chi connectivity index (χ0n) is 17.4. The SMILES string of the molecule is Cc1cc(C=NNC(=O)CSc2nc3ccccc3s2)c(C)n1-c1ccc(C(=O)O)cc1. The molecular formula is C23H20N4O3S2. The molecule has 4 aromatic rings. The van der Waals surface area contributed by atoms with Crippen LogP contribution in [0.3, 0.4) is 0 Å². The van der Waals surface area contributed by atoms with Crippen molar-refractivity contribution in [3.63, 3.8) is 0 Å². The number of rotatable bonds is 7. The van der Waals surface area contributed by atoms with E-state index < -0.39 is 5.97 Å². The van der Waals surface area contributed by atoms with Gasteiger partial charge in [-0.15, -0.1) is 11.3 Å². The summed E-state index contributed by atoms with van der Waals surface area (Å²) in [5.41, 5.74) is 7.38. The molecule has 162 valence electrons. The first kappa shape index (κ1) is 21.8. The molecule has 9 heteroatoms. The van der Waals surface area contributed by atoms with Crippen LogP contribution in [-0.4, -0.2) is 38.5 Å². The summed E-state index contributed by atoms with van der Waals surface area (Å²) in [7, 11) is 0. The highest BCUT2D eigenvalue weighted by molar-refractivity contribution is 8.01. The van der Waals surface area contributed by atoms with Crippen LogP contribution in [0.5, 0.6) is 0 Å². The van der Waals surface area contributed by atoms with Crippen molar-refractivity contribution in [3.05, 3.63) is 77.1 Å². The van der Waals surface area contributed by atoms with Gasteiger partial charge in [-0.1, -0.05) is 23.9 Å². The van der Waals surface area contributed by atoms with Crippen LogP contribution < -0.4 is 5.43 Å². The molecule has 2 aromatic carbocycles. The number of thioether (sulfide) groups is 1. The van der Waals surface area contributed by atoms with E-state index in [9.17, 15) is 9.59 Å². The smallest absolute Gasteiger partial charge is 0.335 e. The van der Waals surface area contributed by atoms with Crippen LogP contribution in [-0.2, 0) is 4.79 Å². The number of carboxylic acids is 1. The van der Waals surface area contributed by atoms with Crippen LogP contribution in [0.25, 0.3) is 15.9 Å². The number of aromatic carboxylic acids is 1. The Morgan fingerprint density at radius 3 is 2.66 bits per heavy atom. The number of aryl methyl sites for hydroxylation is 1. The van der Waals surface area contributed by atoms with Crippen LogP contribution in [0.2, 0.25) is 0 Å². The van der Waals surface area contributed by atoms with Gasteiger partial charge in [0.15, 0.2) is 4.34 Å². The number of aromatic nitrogens is 2. The van der Waals surface area contributed by atoms with Crippen LogP contribution in [0.15, 0.2) is 64.0 Å². The lowest BCUT2D eigenvalue weighted by Crippen LogP contribution is -2.19. The summed E-state index contributed by atoms with van der Waals surface area (Å²) in [6.45, 7) is 3.91. The zero-order chi connectivity index (χ0) is 22.7. The first-order valence-corrected chi connectivity index (χ1v) is 11.6. The number of hydrazone groups is 1. The van der Waals surface area contributed by atoms with E-state index in [1.165, 1.54) is 11.8 Å². The summed E-state index contributed by atoms with van der Waals surface area (Å²) >= 11 is 2.95. The Bertz CT molecular complexity index is 1290. The highest BCUT2D eigenvalue weighted by Gasteiger charge is 2.11. The van der Waals surface area contributed by atoms with Gasteiger partial charge in [0, 0.05) is 22.6 Å². The number of hydrogen-bond acceptors (Lipinski definition) is 6. The molecule has 0 aliphatic heterocycles.